The summed E-state index contributed by atoms with van der Waals surface area (Å²) in [6.45, 7) is 7.17. The molecule has 0 saturated carbocycles. The maximum atomic E-state index is 14.6. The summed E-state index contributed by atoms with van der Waals surface area (Å²) in [5.74, 6) is -1.52. The van der Waals surface area contributed by atoms with E-state index in [1.165, 1.54) is 12.1 Å². The Bertz CT molecular complexity index is 2270. The van der Waals surface area contributed by atoms with Crippen LogP contribution in [0.1, 0.15) is 62.9 Å². The molecule has 1 amide bonds. The van der Waals surface area contributed by atoms with Gasteiger partial charge in [-0.3, -0.25) is 13.8 Å². The first-order chi connectivity index (χ1) is 25.4. The highest BCUT2D eigenvalue weighted by molar-refractivity contribution is 7.89. The van der Waals surface area contributed by atoms with Crippen molar-refractivity contribution >= 4 is 63.9 Å². The second-order valence-corrected chi connectivity index (χ2v) is 18.5. The van der Waals surface area contributed by atoms with Crippen molar-refractivity contribution in [3.05, 3.63) is 83.9 Å². The molecule has 302 valence electrons. The molecule has 4 rings (SSSR count). The van der Waals surface area contributed by atoms with E-state index in [-0.39, 0.29) is 42.4 Å². The van der Waals surface area contributed by atoms with E-state index in [1.807, 2.05) is 56.7 Å². The predicted molar refractivity (Wildman–Crippen MR) is 196 cm³/mol. The van der Waals surface area contributed by atoms with Crippen LogP contribution in [0.3, 0.4) is 0 Å². The molecule has 13 nitrogen and oxygen atoms in total. The lowest BCUT2D eigenvalue weighted by atomic mass is 9.99. The average molecular weight is 833 g/mol. The quantitative estimate of drug-likeness (QED) is 0.0398. The SMILES string of the molecule is CCOC(=O)CCCc1ccc(S(=O)(=O)N(CCCS(=O)(=O)OCC(C)(C)C)C(=O)c2c3ccccc3[n+](C)c3ccccc23)cc1.O=S(=O)([O-])C(F)(F)F. The molecule has 55 heavy (non-hydrogen) atoms. The van der Waals surface area contributed by atoms with Crippen LogP contribution >= 0.6 is 0 Å². The Kier molecular flexibility index (Phi) is 15.0. The molecule has 0 atom stereocenters. The summed E-state index contributed by atoms with van der Waals surface area (Å²) in [6.07, 6.45) is 1.15. The molecule has 0 spiro atoms. The monoisotopic (exact) mass is 832 g/mol. The lowest BCUT2D eigenvalue weighted by Crippen LogP contribution is -2.40. The van der Waals surface area contributed by atoms with Gasteiger partial charge in [0.05, 0.1) is 40.2 Å². The van der Waals surface area contributed by atoms with Crippen LogP contribution in [0.25, 0.3) is 21.8 Å². The molecule has 0 bridgehead atoms. The molecule has 0 fully saturated rings. The first kappa shape index (κ1) is 45.2. The first-order valence-electron chi connectivity index (χ1n) is 16.9. The topological polar surface area (TPSA) is 185 Å². The fourth-order valence-electron chi connectivity index (χ4n) is 5.25. The van der Waals surface area contributed by atoms with Gasteiger partial charge in [-0.15, -0.1) is 0 Å². The zero-order valence-electron chi connectivity index (χ0n) is 30.8. The van der Waals surface area contributed by atoms with Crippen LogP contribution in [0.2, 0.25) is 0 Å². The van der Waals surface area contributed by atoms with Crippen molar-refractivity contribution < 1.29 is 66.1 Å². The van der Waals surface area contributed by atoms with Crippen LogP contribution in [-0.4, -0.2) is 77.0 Å². The standard InChI is InChI=1S/C35H43N2O8S2.CHF3O3S/c1-6-44-32(38)18-11-13-26-19-21-27(22-20-26)47(42,43)37(23-12-24-46(40,41)45-25-35(2,3)4)34(39)33-28-14-7-9-16-30(28)36(5)31-17-10-8-15-29(31)33;2-1(3,4)8(5,6)7/h7-10,14-17,19-22H,6,11-13,18,23-25H2,1-5H3;(H,5,6,7)/q+1;/p-1. The third-order valence-electron chi connectivity index (χ3n) is 7.88. The van der Waals surface area contributed by atoms with Crippen LogP contribution in [0.4, 0.5) is 13.2 Å². The van der Waals surface area contributed by atoms with E-state index in [1.54, 1.807) is 43.3 Å². The first-order valence-corrected chi connectivity index (χ1v) is 21.3. The zero-order valence-corrected chi connectivity index (χ0v) is 33.3. The van der Waals surface area contributed by atoms with Crippen LogP contribution in [0, 0.1) is 5.41 Å². The van der Waals surface area contributed by atoms with E-state index in [0.717, 1.165) is 20.9 Å². The minimum absolute atomic E-state index is 0.0264. The molecule has 0 unspecified atom stereocenters. The van der Waals surface area contributed by atoms with Crippen molar-refractivity contribution in [2.24, 2.45) is 12.5 Å². The van der Waals surface area contributed by atoms with Crippen molar-refractivity contribution in [2.75, 3.05) is 25.5 Å². The van der Waals surface area contributed by atoms with E-state index in [9.17, 15) is 39.6 Å². The highest BCUT2D eigenvalue weighted by Gasteiger charge is 2.37. The highest BCUT2D eigenvalue weighted by atomic mass is 32.2. The number of halogens is 3. The van der Waals surface area contributed by atoms with Crippen molar-refractivity contribution in [3.8, 4) is 0 Å². The summed E-state index contributed by atoms with van der Waals surface area (Å²) in [5.41, 5.74) is -3.54. The molecule has 0 saturated heterocycles. The molecule has 0 aliphatic heterocycles. The Morgan fingerprint density at radius 2 is 1.33 bits per heavy atom. The van der Waals surface area contributed by atoms with Gasteiger partial charge in [0.25, 0.3) is 26.0 Å². The predicted octanol–water partition coefficient (Wildman–Crippen LogP) is 5.37. The maximum absolute atomic E-state index is 14.6. The minimum Gasteiger partial charge on any atom is -0.741 e. The van der Waals surface area contributed by atoms with Gasteiger partial charge in [-0.05, 0) is 61.4 Å². The fourth-order valence-corrected chi connectivity index (χ4v) is 7.80. The van der Waals surface area contributed by atoms with Crippen molar-refractivity contribution in [2.45, 2.75) is 63.8 Å². The number of pyridine rings is 1. The molecule has 0 aliphatic rings. The van der Waals surface area contributed by atoms with Crippen molar-refractivity contribution in [3.63, 3.8) is 0 Å². The zero-order chi connectivity index (χ0) is 41.4. The summed E-state index contributed by atoms with van der Waals surface area (Å²) < 4.78 is 126. The van der Waals surface area contributed by atoms with Crippen LogP contribution in [0.5, 0.6) is 0 Å². The average Bonchev–Trinajstić information content (AvgIpc) is 3.09. The Morgan fingerprint density at radius 1 is 0.818 bits per heavy atom. The number of sulfonamides is 1. The molecule has 3 aromatic carbocycles. The van der Waals surface area contributed by atoms with Gasteiger partial charge in [0.1, 0.15) is 7.05 Å². The number of rotatable bonds is 14. The number of alkyl halides is 3. The molecule has 1 aromatic heterocycles. The molecular formula is C36H43F3N2O11S3. The van der Waals surface area contributed by atoms with Gasteiger partial charge in [-0.1, -0.05) is 57.2 Å². The number of carbonyl (C=O) groups is 2. The summed E-state index contributed by atoms with van der Waals surface area (Å²) >= 11 is 0. The number of hydrogen-bond acceptors (Lipinski definition) is 11. The molecule has 0 N–H and O–H groups in total. The summed E-state index contributed by atoms with van der Waals surface area (Å²) in [4.78, 5) is 26.1. The van der Waals surface area contributed by atoms with E-state index >= 15 is 0 Å². The van der Waals surface area contributed by atoms with Crippen LogP contribution < -0.4 is 4.57 Å². The Labute approximate surface area is 319 Å². The van der Waals surface area contributed by atoms with Gasteiger partial charge in [0.2, 0.25) is 11.0 Å². The number of carbonyl (C=O) groups excluding carboxylic acids is 2. The number of benzene rings is 3. The largest absolute Gasteiger partial charge is 0.741 e. The fraction of sp³-hybridized carbons (Fsp3) is 0.417. The van der Waals surface area contributed by atoms with E-state index < -0.39 is 52.8 Å². The number of hydrogen-bond donors (Lipinski definition) is 0. The molecule has 19 heteroatoms. The van der Waals surface area contributed by atoms with Crippen molar-refractivity contribution in [1.82, 2.24) is 4.31 Å². The number of fused-ring (bicyclic) bond motifs is 2. The lowest BCUT2D eigenvalue weighted by molar-refractivity contribution is -0.617. The number of esters is 1. The minimum atomic E-state index is -6.09. The molecule has 1 heterocycles. The van der Waals surface area contributed by atoms with Gasteiger partial charge < -0.3 is 9.29 Å². The number of amides is 1. The van der Waals surface area contributed by atoms with Gasteiger partial charge in [0, 0.05) is 25.1 Å². The lowest BCUT2D eigenvalue weighted by Gasteiger charge is -2.24. The molecular weight excluding hydrogens is 790 g/mol. The molecule has 0 radical (unpaired) electrons. The van der Waals surface area contributed by atoms with E-state index in [2.05, 4.69) is 0 Å². The second-order valence-electron chi connectivity index (χ2n) is 13.5. The number of aromatic nitrogens is 1. The maximum Gasteiger partial charge on any atom is 0.485 e. The normalized spacial score (nSPS) is 12.6. The Morgan fingerprint density at radius 3 is 1.80 bits per heavy atom. The third kappa shape index (κ3) is 12.4. The third-order valence-corrected chi connectivity index (χ3v) is 11.5. The molecule has 0 aliphatic carbocycles. The Hall–Kier alpha value is -4.17. The van der Waals surface area contributed by atoms with Crippen LogP contribution in [-0.2, 0) is 57.4 Å². The highest BCUT2D eigenvalue weighted by Crippen LogP contribution is 2.29. The number of aryl methyl sites for hydroxylation is 2. The Balaban J connectivity index is 0.000000912. The van der Waals surface area contributed by atoms with Gasteiger partial charge in [-0.2, -0.15) is 26.2 Å². The number of ether oxygens (including phenoxy) is 1. The summed E-state index contributed by atoms with van der Waals surface area (Å²) in [7, 11) is -12.6. The molecule has 4 aromatic rings. The van der Waals surface area contributed by atoms with Crippen LogP contribution in [0.15, 0.2) is 77.7 Å². The number of nitrogens with zero attached hydrogens (tertiary/aromatic N) is 2. The summed E-state index contributed by atoms with van der Waals surface area (Å²) in [5, 5.41) is 1.13. The second kappa shape index (κ2) is 18.2. The summed E-state index contributed by atoms with van der Waals surface area (Å²) in [6, 6.07) is 20.7. The van der Waals surface area contributed by atoms with Gasteiger partial charge in [0.15, 0.2) is 10.1 Å². The van der Waals surface area contributed by atoms with Crippen molar-refractivity contribution in [1.29, 1.82) is 0 Å². The van der Waals surface area contributed by atoms with Gasteiger partial charge in [-0.25, -0.2) is 21.1 Å². The van der Waals surface area contributed by atoms with E-state index in [0.29, 0.717) is 30.2 Å². The number of para-hydroxylation sites is 2. The smallest absolute Gasteiger partial charge is 0.485 e. The van der Waals surface area contributed by atoms with Gasteiger partial charge >= 0.3 is 11.5 Å². The van der Waals surface area contributed by atoms with E-state index in [4.69, 9.17) is 21.9 Å².